The third kappa shape index (κ3) is 2.28. The Hall–Kier alpha value is -0.420. The van der Waals surface area contributed by atoms with Crippen LogP contribution in [0.25, 0.3) is 0 Å². The van der Waals surface area contributed by atoms with Crippen LogP contribution >= 0.6 is 7.60 Å². The van der Waals surface area contributed by atoms with Gasteiger partial charge in [0.05, 0.1) is 12.2 Å². The van der Waals surface area contributed by atoms with Gasteiger partial charge in [0.25, 0.3) is 0 Å². The summed E-state index contributed by atoms with van der Waals surface area (Å²) in [5.74, 6) is -0.785. The maximum atomic E-state index is 10.8. The second kappa shape index (κ2) is 3.14. The first-order valence-electron chi connectivity index (χ1n) is 3.48. The third-order valence-electron chi connectivity index (χ3n) is 1.82. The summed E-state index contributed by atoms with van der Waals surface area (Å²) < 4.78 is 10.5. The van der Waals surface area contributed by atoms with Gasteiger partial charge in [-0.1, -0.05) is 0 Å². The molecule has 1 heterocycles. The van der Waals surface area contributed by atoms with E-state index >= 15 is 0 Å². The lowest BCUT2D eigenvalue weighted by Gasteiger charge is -2.12. The van der Waals surface area contributed by atoms with Gasteiger partial charge in [-0.3, -0.25) is 9.36 Å². The van der Waals surface area contributed by atoms with Crippen molar-refractivity contribution in [3.8, 4) is 0 Å². The second-order valence-electron chi connectivity index (χ2n) is 2.88. The zero-order chi connectivity index (χ0) is 9.35. The quantitative estimate of drug-likeness (QED) is 0.389. The van der Waals surface area contributed by atoms with E-state index in [2.05, 4.69) is 5.32 Å². The van der Waals surface area contributed by atoms with Gasteiger partial charge in [-0.15, -0.1) is 0 Å². The van der Waals surface area contributed by atoms with Gasteiger partial charge >= 0.3 is 7.60 Å². The first kappa shape index (κ1) is 9.67. The number of rotatable bonds is 2. The highest BCUT2D eigenvalue weighted by Crippen LogP contribution is 2.38. The van der Waals surface area contributed by atoms with Crippen LogP contribution in [0.3, 0.4) is 0 Å². The molecule has 5 N–H and O–H groups in total. The minimum absolute atomic E-state index is 0.255. The lowest BCUT2D eigenvalue weighted by Crippen LogP contribution is -2.35. The number of nitrogens with one attached hydrogen (secondary N) is 1. The van der Waals surface area contributed by atoms with Crippen molar-refractivity contribution in [1.82, 2.24) is 5.32 Å². The Morgan fingerprint density at radius 1 is 1.67 bits per heavy atom. The van der Waals surface area contributed by atoms with E-state index < -0.39 is 19.6 Å². The van der Waals surface area contributed by atoms with Crippen LogP contribution in [0.1, 0.15) is 0 Å². The molecule has 1 rings (SSSR count). The maximum absolute atomic E-state index is 10.8. The second-order valence-corrected chi connectivity index (χ2v) is 4.57. The van der Waals surface area contributed by atoms with Gasteiger partial charge in [-0.2, -0.15) is 0 Å². The van der Waals surface area contributed by atoms with Crippen molar-refractivity contribution in [3.05, 3.63) is 0 Å². The van der Waals surface area contributed by atoms with Gasteiger partial charge in [-0.25, -0.2) is 0 Å². The highest BCUT2D eigenvalue weighted by molar-refractivity contribution is 7.51. The van der Waals surface area contributed by atoms with Crippen molar-refractivity contribution in [2.24, 2.45) is 11.7 Å². The predicted molar refractivity (Wildman–Crippen MR) is 41.4 cm³/mol. The standard InChI is InChI=1S/C5H11N2O4P/c6-4-3(1-7-5(4)8)2-12(9,10)11/h3-4H,1-2,6H2,(H,7,8)(H2,9,10,11). The summed E-state index contributed by atoms with van der Waals surface area (Å²) in [6, 6.07) is -0.780. The molecule has 6 nitrogen and oxygen atoms in total. The molecular weight excluding hydrogens is 183 g/mol. The van der Waals surface area contributed by atoms with Crippen LogP contribution in [0, 0.1) is 5.92 Å². The third-order valence-corrected chi connectivity index (χ3v) is 2.77. The lowest BCUT2D eigenvalue weighted by molar-refractivity contribution is -0.120. The summed E-state index contributed by atoms with van der Waals surface area (Å²) in [4.78, 5) is 28.0. The van der Waals surface area contributed by atoms with Crippen LogP contribution in [0.15, 0.2) is 0 Å². The molecule has 1 aliphatic rings. The van der Waals surface area contributed by atoms with Crippen molar-refractivity contribution >= 4 is 13.5 Å². The van der Waals surface area contributed by atoms with E-state index in [9.17, 15) is 9.36 Å². The van der Waals surface area contributed by atoms with Gasteiger partial charge in [0.15, 0.2) is 0 Å². The van der Waals surface area contributed by atoms with Crippen molar-refractivity contribution in [2.75, 3.05) is 12.7 Å². The Kier molecular flexibility index (Phi) is 2.53. The first-order valence-corrected chi connectivity index (χ1v) is 5.28. The van der Waals surface area contributed by atoms with Crippen LogP contribution in [0.5, 0.6) is 0 Å². The summed E-state index contributed by atoms with van der Waals surface area (Å²) in [7, 11) is -4.05. The van der Waals surface area contributed by atoms with Crippen LogP contribution < -0.4 is 11.1 Å². The molecule has 0 radical (unpaired) electrons. The SMILES string of the molecule is NC1C(=O)NCC1CP(=O)(O)O. The Bertz CT molecular complexity index is 238. The summed E-state index contributed by atoms with van der Waals surface area (Å²) in [5.41, 5.74) is 5.37. The molecule has 1 amide bonds. The molecule has 0 aromatic heterocycles. The minimum Gasteiger partial charge on any atom is -0.354 e. The maximum Gasteiger partial charge on any atom is 0.325 e. The van der Waals surface area contributed by atoms with Crippen molar-refractivity contribution in [3.63, 3.8) is 0 Å². The Labute approximate surface area is 69.3 Å². The molecule has 0 bridgehead atoms. The van der Waals surface area contributed by atoms with Gasteiger partial charge in [0, 0.05) is 12.5 Å². The van der Waals surface area contributed by atoms with E-state index in [0.717, 1.165) is 0 Å². The molecule has 70 valence electrons. The monoisotopic (exact) mass is 194 g/mol. The van der Waals surface area contributed by atoms with Crippen molar-refractivity contribution in [1.29, 1.82) is 0 Å². The van der Waals surface area contributed by atoms with E-state index in [1.807, 2.05) is 0 Å². The summed E-state index contributed by atoms with van der Waals surface area (Å²) >= 11 is 0. The molecule has 7 heteroatoms. The molecule has 1 fully saturated rings. The fourth-order valence-corrected chi connectivity index (χ4v) is 2.14. The molecule has 1 saturated heterocycles. The summed E-state index contributed by atoms with van der Waals surface area (Å²) in [6.07, 6.45) is -0.326. The number of nitrogens with two attached hydrogens (primary N) is 1. The Morgan fingerprint density at radius 2 is 2.25 bits per heavy atom. The molecule has 0 aromatic carbocycles. The summed E-state index contributed by atoms with van der Waals surface area (Å²) in [5, 5.41) is 2.43. The molecule has 1 aliphatic heterocycles. The summed E-state index contributed by atoms with van der Waals surface area (Å²) in [6.45, 7) is 0.255. The number of hydrogen-bond acceptors (Lipinski definition) is 3. The lowest BCUT2D eigenvalue weighted by atomic mass is 10.1. The van der Waals surface area contributed by atoms with E-state index in [4.69, 9.17) is 15.5 Å². The largest absolute Gasteiger partial charge is 0.354 e. The van der Waals surface area contributed by atoms with Gasteiger partial charge in [-0.05, 0) is 0 Å². The smallest absolute Gasteiger partial charge is 0.325 e. The average molecular weight is 194 g/mol. The van der Waals surface area contributed by atoms with Crippen molar-refractivity contribution in [2.45, 2.75) is 6.04 Å². The highest BCUT2D eigenvalue weighted by Gasteiger charge is 2.35. The Balaban J connectivity index is 2.56. The van der Waals surface area contributed by atoms with Crippen molar-refractivity contribution < 1.29 is 19.1 Å². The average Bonchev–Trinajstić information content (AvgIpc) is 2.16. The Morgan fingerprint density at radius 3 is 2.58 bits per heavy atom. The molecule has 0 spiro atoms. The predicted octanol–water partition coefficient (Wildman–Crippen LogP) is -1.76. The molecule has 2 atom stereocenters. The number of carbonyl (C=O) groups is 1. The normalized spacial score (nSPS) is 30.4. The van der Waals surface area contributed by atoms with Gasteiger partial charge < -0.3 is 20.8 Å². The van der Waals surface area contributed by atoms with E-state index in [1.54, 1.807) is 0 Å². The van der Waals surface area contributed by atoms with Crippen LogP contribution in [-0.2, 0) is 9.36 Å². The zero-order valence-corrected chi connectivity index (χ0v) is 7.20. The highest BCUT2D eigenvalue weighted by atomic mass is 31.2. The number of amides is 1. The topological polar surface area (TPSA) is 113 Å². The molecule has 0 saturated carbocycles. The number of hydrogen-bond donors (Lipinski definition) is 4. The van der Waals surface area contributed by atoms with Gasteiger partial charge in [0.2, 0.25) is 5.91 Å². The zero-order valence-electron chi connectivity index (χ0n) is 6.30. The number of carbonyl (C=O) groups excluding carboxylic acids is 1. The fourth-order valence-electron chi connectivity index (χ4n) is 1.17. The molecule has 12 heavy (non-hydrogen) atoms. The first-order chi connectivity index (χ1) is 5.40. The van der Waals surface area contributed by atoms with Crippen LogP contribution in [0.2, 0.25) is 0 Å². The molecule has 0 aliphatic carbocycles. The van der Waals surface area contributed by atoms with E-state index in [-0.39, 0.29) is 18.6 Å². The van der Waals surface area contributed by atoms with Crippen LogP contribution in [0.4, 0.5) is 0 Å². The molecule has 2 unspecified atom stereocenters. The van der Waals surface area contributed by atoms with Crippen LogP contribution in [-0.4, -0.2) is 34.4 Å². The molecular formula is C5H11N2O4P. The van der Waals surface area contributed by atoms with E-state index in [0.29, 0.717) is 0 Å². The fraction of sp³-hybridized carbons (Fsp3) is 0.800. The minimum atomic E-state index is -4.05. The van der Waals surface area contributed by atoms with Gasteiger partial charge in [0.1, 0.15) is 0 Å². The molecule has 0 aromatic rings. The van der Waals surface area contributed by atoms with E-state index in [1.165, 1.54) is 0 Å².